The molecule has 1 aromatic rings. The number of nitrogens with one attached hydrogen (secondary N) is 1. The molecular formula is C11H20N4O2. The Hall–Kier alpha value is -1.56. The molecule has 2 N–H and O–H groups in total. The van der Waals surface area contributed by atoms with E-state index in [1.54, 1.807) is 28.0 Å². The minimum Gasteiger partial charge on any atom is -0.490 e. The standard InChI is InChI=1S/C11H20N4O2/c1-11(2,16)6-15(4)10-8(17-5)9(12-3)13-7-14-10/h7,16H,6H2,1-5H3,(H,12,13,14). The van der Waals surface area contributed by atoms with Crippen molar-refractivity contribution in [1.29, 1.82) is 0 Å². The number of aromatic nitrogens is 2. The zero-order valence-electron chi connectivity index (χ0n) is 11.0. The Morgan fingerprint density at radius 3 is 2.59 bits per heavy atom. The van der Waals surface area contributed by atoms with Crippen molar-refractivity contribution in [2.24, 2.45) is 0 Å². The second-order valence-corrected chi connectivity index (χ2v) is 4.50. The van der Waals surface area contributed by atoms with Crippen molar-refractivity contribution in [3.05, 3.63) is 6.33 Å². The van der Waals surface area contributed by atoms with Crippen LogP contribution in [0.15, 0.2) is 6.33 Å². The summed E-state index contributed by atoms with van der Waals surface area (Å²) in [5.41, 5.74) is -0.801. The van der Waals surface area contributed by atoms with Crippen LogP contribution in [0.4, 0.5) is 11.6 Å². The van der Waals surface area contributed by atoms with E-state index in [2.05, 4.69) is 15.3 Å². The van der Waals surface area contributed by atoms with Crippen molar-refractivity contribution in [2.45, 2.75) is 19.4 Å². The number of anilines is 2. The average Bonchev–Trinajstić information content (AvgIpc) is 2.25. The van der Waals surface area contributed by atoms with Crippen molar-refractivity contribution in [3.63, 3.8) is 0 Å². The van der Waals surface area contributed by atoms with Crippen molar-refractivity contribution < 1.29 is 9.84 Å². The molecule has 0 aliphatic carbocycles. The topological polar surface area (TPSA) is 70.5 Å². The van der Waals surface area contributed by atoms with Gasteiger partial charge in [0.1, 0.15) is 6.33 Å². The number of ether oxygens (including phenoxy) is 1. The first-order valence-corrected chi connectivity index (χ1v) is 5.39. The highest BCUT2D eigenvalue weighted by molar-refractivity contribution is 5.64. The molecule has 0 radical (unpaired) electrons. The molecule has 6 heteroatoms. The van der Waals surface area contributed by atoms with Crippen LogP contribution in [0.25, 0.3) is 0 Å². The van der Waals surface area contributed by atoms with Crippen LogP contribution >= 0.6 is 0 Å². The maximum absolute atomic E-state index is 9.80. The predicted molar refractivity (Wildman–Crippen MR) is 67.7 cm³/mol. The summed E-state index contributed by atoms with van der Waals surface area (Å²) in [4.78, 5) is 10.1. The Kier molecular flexibility index (Phi) is 4.11. The molecular weight excluding hydrogens is 220 g/mol. The van der Waals surface area contributed by atoms with Gasteiger partial charge in [-0.1, -0.05) is 0 Å². The van der Waals surface area contributed by atoms with Crippen molar-refractivity contribution in [1.82, 2.24) is 9.97 Å². The Labute approximate surface area is 102 Å². The van der Waals surface area contributed by atoms with Crippen LogP contribution in [0, 0.1) is 0 Å². The highest BCUT2D eigenvalue weighted by Crippen LogP contribution is 2.31. The van der Waals surface area contributed by atoms with E-state index in [9.17, 15) is 5.11 Å². The number of rotatable bonds is 5. The maximum Gasteiger partial charge on any atom is 0.204 e. The molecule has 0 aromatic carbocycles. The van der Waals surface area contributed by atoms with Crippen LogP contribution in [0.3, 0.4) is 0 Å². The van der Waals surface area contributed by atoms with Gasteiger partial charge in [-0.3, -0.25) is 0 Å². The molecule has 0 saturated heterocycles. The highest BCUT2D eigenvalue weighted by Gasteiger charge is 2.21. The van der Waals surface area contributed by atoms with Crippen LogP contribution < -0.4 is 15.0 Å². The summed E-state index contributed by atoms with van der Waals surface area (Å²) in [5, 5.41) is 12.7. The minimum absolute atomic E-state index is 0.448. The van der Waals surface area contributed by atoms with E-state index >= 15 is 0 Å². The zero-order chi connectivity index (χ0) is 13.1. The molecule has 0 saturated carbocycles. The number of nitrogens with zero attached hydrogens (tertiary/aromatic N) is 3. The van der Waals surface area contributed by atoms with Crippen molar-refractivity contribution in [2.75, 3.05) is 38.0 Å². The van der Waals surface area contributed by atoms with Crippen LogP contribution in [0.1, 0.15) is 13.8 Å². The molecule has 96 valence electrons. The van der Waals surface area contributed by atoms with Gasteiger partial charge in [0.05, 0.1) is 12.7 Å². The van der Waals surface area contributed by atoms with Crippen molar-refractivity contribution >= 4 is 11.6 Å². The number of likely N-dealkylation sites (N-methyl/N-ethyl adjacent to an activating group) is 1. The first-order chi connectivity index (χ1) is 7.89. The Bertz CT molecular complexity index is 376. The second kappa shape index (κ2) is 5.18. The first-order valence-electron chi connectivity index (χ1n) is 5.39. The molecule has 0 atom stereocenters. The van der Waals surface area contributed by atoms with Crippen LogP contribution in [0.5, 0.6) is 5.75 Å². The summed E-state index contributed by atoms with van der Waals surface area (Å²) in [5.74, 6) is 1.84. The normalized spacial score (nSPS) is 11.2. The SMILES string of the molecule is CNc1ncnc(N(C)CC(C)(C)O)c1OC. The van der Waals surface area contributed by atoms with Gasteiger partial charge in [0, 0.05) is 20.6 Å². The van der Waals surface area contributed by atoms with Gasteiger partial charge in [-0.2, -0.15) is 0 Å². The molecule has 0 aliphatic heterocycles. The molecule has 0 fully saturated rings. The number of hydrogen-bond acceptors (Lipinski definition) is 6. The molecule has 1 heterocycles. The van der Waals surface area contributed by atoms with E-state index < -0.39 is 5.60 Å². The van der Waals surface area contributed by atoms with E-state index in [-0.39, 0.29) is 0 Å². The summed E-state index contributed by atoms with van der Waals surface area (Å²) >= 11 is 0. The third-order valence-electron chi connectivity index (χ3n) is 2.21. The van der Waals surface area contributed by atoms with E-state index in [0.717, 1.165) is 0 Å². The van der Waals surface area contributed by atoms with E-state index in [1.807, 2.05) is 11.9 Å². The molecule has 1 aromatic heterocycles. The number of aliphatic hydroxyl groups is 1. The Balaban J connectivity index is 3.04. The molecule has 0 aliphatic rings. The molecule has 0 bridgehead atoms. The third kappa shape index (κ3) is 3.45. The highest BCUT2D eigenvalue weighted by atomic mass is 16.5. The van der Waals surface area contributed by atoms with Gasteiger partial charge >= 0.3 is 0 Å². The van der Waals surface area contributed by atoms with Crippen molar-refractivity contribution in [3.8, 4) is 5.75 Å². The Morgan fingerprint density at radius 1 is 1.47 bits per heavy atom. The molecule has 6 nitrogen and oxygen atoms in total. The first kappa shape index (κ1) is 13.5. The van der Waals surface area contributed by atoms with Gasteiger partial charge < -0.3 is 20.1 Å². The average molecular weight is 240 g/mol. The molecule has 0 unspecified atom stereocenters. The third-order valence-corrected chi connectivity index (χ3v) is 2.21. The summed E-state index contributed by atoms with van der Waals surface area (Å²) < 4.78 is 5.29. The van der Waals surface area contributed by atoms with Crippen LogP contribution in [0.2, 0.25) is 0 Å². The summed E-state index contributed by atoms with van der Waals surface area (Å²) in [6.45, 7) is 3.94. The summed E-state index contributed by atoms with van der Waals surface area (Å²) in [6, 6.07) is 0. The molecule has 0 amide bonds. The van der Waals surface area contributed by atoms with Gasteiger partial charge in [-0.25, -0.2) is 9.97 Å². The van der Waals surface area contributed by atoms with Crippen LogP contribution in [-0.4, -0.2) is 48.4 Å². The van der Waals surface area contributed by atoms with Crippen LogP contribution in [-0.2, 0) is 0 Å². The van der Waals surface area contributed by atoms with Gasteiger partial charge in [-0.05, 0) is 13.8 Å². The fourth-order valence-corrected chi connectivity index (χ4v) is 1.66. The fourth-order valence-electron chi connectivity index (χ4n) is 1.66. The largest absolute Gasteiger partial charge is 0.490 e. The second-order valence-electron chi connectivity index (χ2n) is 4.50. The fraction of sp³-hybridized carbons (Fsp3) is 0.636. The van der Waals surface area contributed by atoms with Gasteiger partial charge in [0.15, 0.2) is 11.6 Å². The summed E-state index contributed by atoms with van der Waals surface area (Å²) in [6.07, 6.45) is 1.46. The quantitative estimate of drug-likeness (QED) is 0.791. The lowest BCUT2D eigenvalue weighted by Crippen LogP contribution is -2.36. The van der Waals surface area contributed by atoms with E-state index in [0.29, 0.717) is 23.9 Å². The molecule has 1 rings (SSSR count). The van der Waals surface area contributed by atoms with E-state index in [4.69, 9.17) is 4.74 Å². The molecule has 17 heavy (non-hydrogen) atoms. The smallest absolute Gasteiger partial charge is 0.204 e. The lowest BCUT2D eigenvalue weighted by atomic mass is 10.1. The lowest BCUT2D eigenvalue weighted by Gasteiger charge is -2.27. The predicted octanol–water partition coefficient (Wildman–Crippen LogP) is 0.734. The maximum atomic E-state index is 9.80. The Morgan fingerprint density at radius 2 is 2.12 bits per heavy atom. The summed E-state index contributed by atoms with van der Waals surface area (Å²) in [7, 11) is 5.19. The zero-order valence-corrected chi connectivity index (χ0v) is 11.0. The monoisotopic (exact) mass is 240 g/mol. The number of methoxy groups -OCH3 is 1. The lowest BCUT2D eigenvalue weighted by molar-refractivity contribution is 0.0883. The minimum atomic E-state index is -0.801. The van der Waals surface area contributed by atoms with E-state index in [1.165, 1.54) is 6.33 Å². The van der Waals surface area contributed by atoms with Gasteiger partial charge in [0.25, 0.3) is 0 Å². The molecule has 0 spiro atoms. The van der Waals surface area contributed by atoms with Gasteiger partial charge in [-0.15, -0.1) is 0 Å². The number of hydrogen-bond donors (Lipinski definition) is 2. The van der Waals surface area contributed by atoms with Gasteiger partial charge in [0.2, 0.25) is 5.75 Å².